The predicted molar refractivity (Wildman–Crippen MR) is 321 cm³/mol. The standard InChI is InChI=1S/C16H20N4.C10H15IN4.C9H11ClIN3.C6H5ClIN3.C4H8O.CH5N.2CH4/c1-11(2)20-9-13(12-7-5-4-6-8-12)14-15(17-3)18-10-19-16(14)20;1-6(2)15-4-7(11)8-9(12-3)13-5-14-10(8)15;1-5(2)14-3-6(11)7-8(10)12-4-13-9(7)14;7-5-4-3(8)1-9-6(4)11-2-10-5;1-2-4-5-3-1;1-2;;/h4-11,14,16H,1-3H3,(H,17,18,19);4-6,8,10H,1-3H3,(H,12,13,14);3-5,7,9H,1-2H3;1-2,4,6,9H;1-4H2;2H2,1H3;2*1H4. The molecule has 1 saturated heterocycles. The molecule has 0 saturated carbocycles. The molecule has 9 heterocycles. The number of nitrogens with two attached hydrogens (primary N) is 1. The number of rotatable bonds is 4. The Kier molecular flexibility index (Phi) is 25.8. The third-order valence-corrected chi connectivity index (χ3v) is 15.1. The topological polar surface area (TPSA) is 180 Å². The molecule has 1 aromatic rings. The first kappa shape index (κ1) is 60.3. The van der Waals surface area contributed by atoms with Crippen LogP contribution in [0.3, 0.4) is 0 Å². The average molecular weight is 1330 g/mol. The van der Waals surface area contributed by atoms with Crippen LogP contribution in [0.1, 0.15) is 74.8 Å². The van der Waals surface area contributed by atoms with Crippen LogP contribution in [0.25, 0.3) is 5.57 Å². The molecule has 9 aliphatic rings. The monoisotopic (exact) mass is 1330 g/mol. The SMILES string of the molecule is C.C.C1CCOC1.CC(C)N1C=C(I)C2C(Cl)=NC=NC21.CN.CN=C1NC=NC2C1C(I)=CN2C(C)C.CN=C1NC=NC2C1C(c1ccccc1)=CN2C(C)C.ClC1=NC=NC2NC=C(I)C12. The third-order valence-electron chi connectivity index (χ3n) is 11.6. The van der Waals surface area contributed by atoms with Gasteiger partial charge in [-0.2, -0.15) is 0 Å². The first-order chi connectivity index (χ1) is 32.3. The van der Waals surface area contributed by atoms with Crippen molar-refractivity contribution in [2.45, 2.75) is 112 Å². The van der Waals surface area contributed by atoms with E-state index in [0.29, 0.717) is 34.4 Å². The van der Waals surface area contributed by atoms with Gasteiger partial charge in [0.2, 0.25) is 0 Å². The quantitative estimate of drug-likeness (QED) is 0.215. The van der Waals surface area contributed by atoms with Crippen molar-refractivity contribution in [3.63, 3.8) is 0 Å². The lowest BCUT2D eigenvalue weighted by Gasteiger charge is -2.32. The molecule has 1 aromatic carbocycles. The Bertz CT molecular complexity index is 2190. The summed E-state index contributed by atoms with van der Waals surface area (Å²) in [6, 6.07) is 11.8. The van der Waals surface area contributed by atoms with Crippen molar-refractivity contribution in [1.82, 2.24) is 30.7 Å². The zero-order valence-corrected chi connectivity index (χ0v) is 47.5. The smallest absolute Gasteiger partial charge is 0.137 e. The van der Waals surface area contributed by atoms with Gasteiger partial charge in [-0.1, -0.05) is 68.4 Å². The van der Waals surface area contributed by atoms with E-state index in [4.69, 9.17) is 27.9 Å². The van der Waals surface area contributed by atoms with Gasteiger partial charge >= 0.3 is 0 Å². The molecule has 21 heteroatoms. The number of fused-ring (bicyclic) bond motifs is 4. The van der Waals surface area contributed by atoms with Crippen molar-refractivity contribution in [2.75, 3.05) is 34.4 Å². The van der Waals surface area contributed by atoms with Crippen molar-refractivity contribution < 1.29 is 4.74 Å². The highest BCUT2D eigenvalue weighted by Crippen LogP contribution is 2.40. The minimum absolute atomic E-state index is 0. The number of halogens is 5. The Labute approximate surface area is 462 Å². The summed E-state index contributed by atoms with van der Waals surface area (Å²) in [4.78, 5) is 41.1. The number of aliphatic imine (C=N–C) groups is 8. The molecule has 9 aliphatic heterocycles. The Morgan fingerprint density at radius 1 is 0.638 bits per heavy atom. The zero-order valence-electron chi connectivity index (χ0n) is 39.5. The summed E-state index contributed by atoms with van der Waals surface area (Å²) in [5.74, 6) is 2.80. The van der Waals surface area contributed by atoms with Gasteiger partial charge in [-0.3, -0.25) is 9.98 Å². The maximum Gasteiger partial charge on any atom is 0.137 e. The van der Waals surface area contributed by atoms with Crippen molar-refractivity contribution in [1.29, 1.82) is 0 Å². The van der Waals surface area contributed by atoms with Gasteiger partial charge in [0.15, 0.2) is 0 Å². The van der Waals surface area contributed by atoms with Gasteiger partial charge in [0.1, 0.15) is 59.4 Å². The summed E-state index contributed by atoms with van der Waals surface area (Å²) in [6.07, 6.45) is 18.1. The minimum Gasteiger partial charge on any atom is -0.381 e. The van der Waals surface area contributed by atoms with E-state index in [2.05, 4.69) is 229 Å². The van der Waals surface area contributed by atoms with Crippen LogP contribution in [-0.4, -0.2) is 139 Å². The van der Waals surface area contributed by atoms with Crippen LogP contribution in [0.2, 0.25) is 0 Å². The second-order valence-corrected chi connectivity index (χ2v) is 21.2. The van der Waals surface area contributed by atoms with Crippen LogP contribution >= 0.6 is 91.0 Å². The fraction of sp³-hybridized carbons (Fsp3) is 0.542. The fourth-order valence-electron chi connectivity index (χ4n) is 8.22. The van der Waals surface area contributed by atoms with E-state index < -0.39 is 0 Å². The normalized spacial score (nSPS) is 28.1. The van der Waals surface area contributed by atoms with E-state index in [1.807, 2.05) is 26.4 Å². The maximum absolute atomic E-state index is 6.07. The Morgan fingerprint density at radius 2 is 1.10 bits per heavy atom. The van der Waals surface area contributed by atoms with Gasteiger partial charge < -0.3 is 41.1 Å². The highest BCUT2D eigenvalue weighted by Gasteiger charge is 2.42. The van der Waals surface area contributed by atoms with Crippen molar-refractivity contribution >= 4 is 144 Å². The highest BCUT2D eigenvalue weighted by atomic mass is 127. The van der Waals surface area contributed by atoms with Crippen LogP contribution in [0.5, 0.6) is 0 Å². The molecule has 380 valence electrons. The van der Waals surface area contributed by atoms with E-state index in [9.17, 15) is 0 Å². The van der Waals surface area contributed by atoms with Crippen molar-refractivity contribution in [3.05, 3.63) is 71.4 Å². The van der Waals surface area contributed by atoms with Crippen LogP contribution in [0, 0.1) is 23.7 Å². The summed E-state index contributed by atoms with van der Waals surface area (Å²) >= 11 is 18.9. The molecule has 0 aliphatic carbocycles. The molecular formula is C48H72Cl2I3N15O. The third kappa shape index (κ3) is 15.0. The van der Waals surface area contributed by atoms with Crippen molar-refractivity contribution in [3.8, 4) is 0 Å². The molecule has 5 N–H and O–H groups in total. The summed E-state index contributed by atoms with van der Waals surface area (Å²) in [6.45, 7) is 15.1. The zero-order chi connectivity index (χ0) is 48.8. The number of benzene rings is 1. The molecule has 0 aromatic heterocycles. The largest absolute Gasteiger partial charge is 0.381 e. The number of nitrogens with zero attached hydrogens (tertiary/aromatic N) is 11. The lowest BCUT2D eigenvalue weighted by molar-refractivity contribution is 0.198. The molecule has 8 unspecified atom stereocenters. The number of nitrogens with one attached hydrogen (secondary N) is 3. The van der Waals surface area contributed by atoms with E-state index >= 15 is 0 Å². The van der Waals surface area contributed by atoms with E-state index in [0.717, 1.165) is 24.9 Å². The van der Waals surface area contributed by atoms with Crippen LogP contribution < -0.4 is 21.7 Å². The second kappa shape index (κ2) is 29.5. The molecule has 69 heavy (non-hydrogen) atoms. The fourth-order valence-corrected chi connectivity index (χ4v) is 11.8. The summed E-state index contributed by atoms with van der Waals surface area (Å²) in [5, 5.41) is 10.7. The Balaban J connectivity index is 0.000000234. The number of amidine groups is 2. The summed E-state index contributed by atoms with van der Waals surface area (Å²) in [5.41, 5.74) is 7.03. The second-order valence-electron chi connectivity index (χ2n) is 16.7. The molecule has 16 nitrogen and oxygen atoms in total. The van der Waals surface area contributed by atoms with Crippen LogP contribution in [0.4, 0.5) is 0 Å². The van der Waals surface area contributed by atoms with Gasteiger partial charge in [-0.05, 0) is 140 Å². The molecule has 0 bridgehead atoms. The summed E-state index contributed by atoms with van der Waals surface area (Å²) < 4.78 is 8.63. The minimum atomic E-state index is 0. The van der Waals surface area contributed by atoms with Gasteiger partial charge in [0.25, 0.3) is 0 Å². The molecule has 0 radical (unpaired) electrons. The maximum atomic E-state index is 6.07. The lowest BCUT2D eigenvalue weighted by Crippen LogP contribution is -2.46. The average Bonchev–Trinajstić information content (AvgIpc) is 4.20. The van der Waals surface area contributed by atoms with E-state index in [-0.39, 0.29) is 57.3 Å². The highest BCUT2D eigenvalue weighted by molar-refractivity contribution is 14.1. The first-order valence-electron chi connectivity index (χ1n) is 22.4. The Morgan fingerprint density at radius 3 is 1.59 bits per heavy atom. The predicted octanol–water partition coefficient (Wildman–Crippen LogP) is 9.68. The molecule has 8 atom stereocenters. The van der Waals surface area contributed by atoms with Gasteiger partial charge in [-0.15, -0.1) is 0 Å². The summed E-state index contributed by atoms with van der Waals surface area (Å²) in [7, 11) is 5.15. The lowest BCUT2D eigenvalue weighted by atomic mass is 9.91. The van der Waals surface area contributed by atoms with E-state index in [1.165, 1.54) is 48.1 Å². The van der Waals surface area contributed by atoms with Gasteiger partial charge in [0, 0.05) is 81.0 Å². The molecular weight excluding hydrogens is 1250 g/mol. The molecule has 0 spiro atoms. The van der Waals surface area contributed by atoms with Gasteiger partial charge in [0.05, 0.1) is 36.3 Å². The molecule has 0 amide bonds. The number of ether oxygens (including phenoxy) is 1. The number of hydrogen-bond donors (Lipinski definition) is 4. The first-order valence-corrected chi connectivity index (χ1v) is 26.4. The van der Waals surface area contributed by atoms with E-state index in [1.54, 1.807) is 19.0 Å². The van der Waals surface area contributed by atoms with Crippen LogP contribution in [0.15, 0.2) is 106 Å². The van der Waals surface area contributed by atoms with Gasteiger partial charge in [-0.25, -0.2) is 30.0 Å². The van der Waals surface area contributed by atoms with Crippen LogP contribution in [-0.2, 0) is 4.74 Å². The van der Waals surface area contributed by atoms with Crippen molar-refractivity contribution in [2.24, 2.45) is 69.3 Å². The molecule has 10 rings (SSSR count). The molecule has 1 fully saturated rings. The number of hydrogen-bond acceptors (Lipinski definition) is 14. The Hall–Kier alpha value is -2.97.